The summed E-state index contributed by atoms with van der Waals surface area (Å²) in [5.74, 6) is 0. The van der Waals surface area contributed by atoms with Crippen molar-refractivity contribution in [2.75, 3.05) is 44.3 Å². The molecule has 0 radical (unpaired) electrons. The van der Waals surface area contributed by atoms with E-state index in [0.29, 0.717) is 11.5 Å². The van der Waals surface area contributed by atoms with Crippen LogP contribution in [0.3, 0.4) is 0 Å². The lowest BCUT2D eigenvalue weighted by atomic mass is 9.63. The molecule has 3 aliphatic rings. The monoisotopic (exact) mass is 369 g/mol. The third-order valence-corrected chi connectivity index (χ3v) is 7.52. The summed E-state index contributed by atoms with van der Waals surface area (Å²) in [6, 6.07) is 9.87. The number of rotatable bonds is 2. The first-order chi connectivity index (χ1) is 12.9. The van der Waals surface area contributed by atoms with Crippen molar-refractivity contribution < 1.29 is 4.74 Å². The van der Waals surface area contributed by atoms with Gasteiger partial charge in [0.05, 0.1) is 13.2 Å². The molecule has 1 unspecified atom stereocenters. The fourth-order valence-corrected chi connectivity index (χ4v) is 5.96. The van der Waals surface area contributed by atoms with E-state index in [1.165, 1.54) is 30.8 Å². The van der Waals surface area contributed by atoms with Crippen molar-refractivity contribution >= 4 is 16.5 Å². The van der Waals surface area contributed by atoms with Crippen LogP contribution in [-0.2, 0) is 10.2 Å². The number of morpholine rings is 1. The van der Waals surface area contributed by atoms with E-state index < -0.39 is 0 Å². The minimum atomic E-state index is 0.368. The van der Waals surface area contributed by atoms with Gasteiger partial charge in [-0.1, -0.05) is 24.3 Å². The van der Waals surface area contributed by atoms with Gasteiger partial charge >= 0.3 is 0 Å². The standard InChI is InChI=1S/C21H27N3OS/c1-2-4-18-17(3-1)19(23-12-14-25-15-13-23)5-6-21(18)7-10-24(11-8-21)20-22-9-16-26-20/h1-4,9,16,19H,5-8,10-15H2. The fourth-order valence-electron chi connectivity index (χ4n) is 5.26. The summed E-state index contributed by atoms with van der Waals surface area (Å²) in [6.45, 7) is 6.17. The number of nitrogens with zero attached hydrogens (tertiary/aromatic N) is 3. The highest BCUT2D eigenvalue weighted by Crippen LogP contribution is 2.49. The maximum atomic E-state index is 5.58. The third-order valence-electron chi connectivity index (χ3n) is 6.68. The summed E-state index contributed by atoms with van der Waals surface area (Å²) < 4.78 is 5.58. The number of anilines is 1. The van der Waals surface area contributed by atoms with Gasteiger partial charge in [-0.3, -0.25) is 4.90 Å². The van der Waals surface area contributed by atoms with Gasteiger partial charge in [0, 0.05) is 43.8 Å². The van der Waals surface area contributed by atoms with Gasteiger partial charge in [-0.15, -0.1) is 11.3 Å². The molecule has 4 nitrogen and oxygen atoms in total. The Morgan fingerprint density at radius 3 is 2.62 bits per heavy atom. The Morgan fingerprint density at radius 2 is 1.85 bits per heavy atom. The topological polar surface area (TPSA) is 28.6 Å². The van der Waals surface area contributed by atoms with Crippen LogP contribution < -0.4 is 4.90 Å². The molecule has 2 saturated heterocycles. The van der Waals surface area contributed by atoms with Crippen LogP contribution >= 0.6 is 11.3 Å². The Labute approximate surface area is 159 Å². The second-order valence-corrected chi connectivity index (χ2v) is 8.75. The predicted molar refractivity (Wildman–Crippen MR) is 106 cm³/mol. The van der Waals surface area contributed by atoms with Crippen LogP contribution in [0.25, 0.3) is 0 Å². The van der Waals surface area contributed by atoms with E-state index in [-0.39, 0.29) is 0 Å². The van der Waals surface area contributed by atoms with Crippen LogP contribution in [0.4, 0.5) is 5.13 Å². The van der Waals surface area contributed by atoms with Crippen LogP contribution in [0.15, 0.2) is 35.8 Å². The van der Waals surface area contributed by atoms with E-state index >= 15 is 0 Å². The molecule has 1 aliphatic carbocycles. The summed E-state index contributed by atoms with van der Waals surface area (Å²) in [4.78, 5) is 9.65. The van der Waals surface area contributed by atoms with Crippen LogP contribution in [0.2, 0.25) is 0 Å². The molecule has 5 heteroatoms. The minimum Gasteiger partial charge on any atom is -0.379 e. The Hall–Kier alpha value is -1.43. The molecule has 0 N–H and O–H groups in total. The molecule has 1 aromatic heterocycles. The Kier molecular flexibility index (Phi) is 4.47. The lowest BCUT2D eigenvalue weighted by Crippen LogP contribution is -2.47. The maximum Gasteiger partial charge on any atom is 0.185 e. The predicted octanol–water partition coefficient (Wildman–Crippen LogP) is 3.85. The zero-order valence-electron chi connectivity index (χ0n) is 15.3. The summed E-state index contributed by atoms with van der Waals surface area (Å²) in [5, 5.41) is 3.28. The molecule has 0 amide bonds. The van der Waals surface area contributed by atoms with Crippen LogP contribution in [0.1, 0.15) is 42.9 Å². The van der Waals surface area contributed by atoms with Gasteiger partial charge in [0.25, 0.3) is 0 Å². The van der Waals surface area contributed by atoms with Crippen LogP contribution in [0, 0.1) is 0 Å². The molecular weight excluding hydrogens is 342 g/mol. The van der Waals surface area contributed by atoms with Crippen molar-refractivity contribution in [3.63, 3.8) is 0 Å². The average Bonchev–Trinajstić information content (AvgIpc) is 3.25. The van der Waals surface area contributed by atoms with Crippen LogP contribution in [0.5, 0.6) is 0 Å². The summed E-state index contributed by atoms with van der Waals surface area (Å²) in [6.07, 6.45) is 7.03. The Bertz CT molecular complexity index is 733. The van der Waals surface area contributed by atoms with E-state index in [9.17, 15) is 0 Å². The zero-order chi connectivity index (χ0) is 17.4. The van der Waals surface area contributed by atoms with Crippen molar-refractivity contribution in [3.05, 3.63) is 47.0 Å². The SMILES string of the molecule is c1ccc2c(c1)C(N1CCOCC1)CCC21CCN(c2nccs2)CC1. The molecule has 1 aromatic carbocycles. The van der Waals surface area contributed by atoms with Gasteiger partial charge in [-0.2, -0.15) is 0 Å². The first-order valence-electron chi connectivity index (χ1n) is 9.91. The van der Waals surface area contributed by atoms with Crippen molar-refractivity contribution in [3.8, 4) is 0 Å². The molecule has 5 rings (SSSR count). The summed E-state index contributed by atoms with van der Waals surface area (Å²) in [7, 11) is 0. The smallest absolute Gasteiger partial charge is 0.185 e. The summed E-state index contributed by atoms with van der Waals surface area (Å²) >= 11 is 1.77. The highest BCUT2D eigenvalue weighted by Gasteiger charge is 2.43. The zero-order valence-corrected chi connectivity index (χ0v) is 16.1. The molecule has 26 heavy (non-hydrogen) atoms. The molecular formula is C21H27N3OS. The summed E-state index contributed by atoms with van der Waals surface area (Å²) in [5.41, 5.74) is 3.58. The number of piperidine rings is 1. The van der Waals surface area contributed by atoms with E-state index in [1.807, 2.05) is 6.20 Å². The Morgan fingerprint density at radius 1 is 1.04 bits per heavy atom. The second kappa shape index (κ2) is 6.95. The third kappa shape index (κ3) is 2.86. The lowest BCUT2D eigenvalue weighted by molar-refractivity contribution is 0.00872. The van der Waals surface area contributed by atoms with E-state index in [4.69, 9.17) is 4.74 Å². The normalized spacial score (nSPS) is 26.0. The van der Waals surface area contributed by atoms with Gasteiger partial charge in [0.2, 0.25) is 0 Å². The first kappa shape index (κ1) is 16.7. The molecule has 2 aliphatic heterocycles. The lowest BCUT2D eigenvalue weighted by Gasteiger charge is -2.49. The van der Waals surface area contributed by atoms with Gasteiger partial charge in [0.15, 0.2) is 5.13 Å². The molecule has 0 saturated carbocycles. The number of hydrogen-bond acceptors (Lipinski definition) is 5. The van der Waals surface area contributed by atoms with Crippen molar-refractivity contribution in [1.29, 1.82) is 0 Å². The number of benzene rings is 1. The molecule has 3 heterocycles. The minimum absolute atomic E-state index is 0.368. The maximum absolute atomic E-state index is 5.58. The van der Waals surface area contributed by atoms with Crippen molar-refractivity contribution in [2.45, 2.75) is 37.1 Å². The van der Waals surface area contributed by atoms with Crippen molar-refractivity contribution in [2.24, 2.45) is 0 Å². The first-order valence-corrected chi connectivity index (χ1v) is 10.8. The molecule has 1 atom stereocenters. The van der Waals surface area contributed by atoms with Gasteiger partial charge in [-0.05, 0) is 42.2 Å². The quantitative estimate of drug-likeness (QED) is 0.804. The molecule has 2 fully saturated rings. The van der Waals surface area contributed by atoms with E-state index in [0.717, 1.165) is 39.4 Å². The second-order valence-electron chi connectivity index (χ2n) is 7.87. The molecule has 0 bridgehead atoms. The number of ether oxygens (including phenoxy) is 1. The van der Waals surface area contributed by atoms with Gasteiger partial charge in [0.1, 0.15) is 0 Å². The largest absolute Gasteiger partial charge is 0.379 e. The van der Waals surface area contributed by atoms with E-state index in [2.05, 4.69) is 44.4 Å². The number of fused-ring (bicyclic) bond motifs is 2. The number of thiazole rings is 1. The van der Waals surface area contributed by atoms with Crippen molar-refractivity contribution in [1.82, 2.24) is 9.88 Å². The Balaban J connectivity index is 1.40. The highest BCUT2D eigenvalue weighted by atomic mass is 32.1. The number of aromatic nitrogens is 1. The number of hydrogen-bond donors (Lipinski definition) is 0. The molecule has 1 spiro atoms. The molecule has 2 aromatic rings. The van der Waals surface area contributed by atoms with Gasteiger partial charge < -0.3 is 9.64 Å². The van der Waals surface area contributed by atoms with E-state index in [1.54, 1.807) is 22.5 Å². The van der Waals surface area contributed by atoms with Crippen LogP contribution in [-0.4, -0.2) is 49.3 Å². The molecule has 138 valence electrons. The fraction of sp³-hybridized carbons (Fsp3) is 0.571. The average molecular weight is 370 g/mol. The van der Waals surface area contributed by atoms with Gasteiger partial charge in [-0.25, -0.2) is 4.98 Å². The highest BCUT2D eigenvalue weighted by molar-refractivity contribution is 7.13.